The van der Waals surface area contributed by atoms with E-state index in [9.17, 15) is 22.8 Å². The Morgan fingerprint density at radius 3 is 2.41 bits per heavy atom. The number of amides is 2. The summed E-state index contributed by atoms with van der Waals surface area (Å²) in [4.78, 5) is 26.9. The fourth-order valence-electron chi connectivity index (χ4n) is 4.24. The van der Waals surface area contributed by atoms with Crippen LogP contribution in [0.3, 0.4) is 0 Å². The predicted molar refractivity (Wildman–Crippen MR) is 124 cm³/mol. The molecule has 178 valence electrons. The molecule has 0 unspecified atom stereocenters. The van der Waals surface area contributed by atoms with Crippen molar-refractivity contribution in [3.05, 3.63) is 81.1 Å². The number of carbonyl (C=O) groups excluding carboxylic acids is 2. The molecule has 4 rings (SSSR count). The number of halogens is 5. The lowest BCUT2D eigenvalue weighted by Gasteiger charge is -2.28. The first kappa shape index (κ1) is 24.2. The molecule has 1 N–H and O–H groups in total. The Morgan fingerprint density at radius 1 is 1.09 bits per heavy atom. The molecule has 0 spiro atoms. The second-order valence-electron chi connectivity index (χ2n) is 7.99. The Morgan fingerprint density at radius 2 is 1.79 bits per heavy atom. The van der Waals surface area contributed by atoms with Gasteiger partial charge in [-0.05, 0) is 47.9 Å². The van der Waals surface area contributed by atoms with Gasteiger partial charge in [0.25, 0.3) is 5.91 Å². The molecule has 0 bridgehead atoms. The van der Waals surface area contributed by atoms with Crippen molar-refractivity contribution in [3.63, 3.8) is 0 Å². The van der Waals surface area contributed by atoms with Gasteiger partial charge in [0, 0.05) is 35.2 Å². The van der Waals surface area contributed by atoms with Crippen LogP contribution in [0.4, 0.5) is 13.2 Å². The molecular formula is C24H20Cl2F3N3O2. The number of piperazine rings is 1. The molecular weight excluding hydrogens is 490 g/mol. The van der Waals surface area contributed by atoms with Crippen molar-refractivity contribution in [3.8, 4) is 11.1 Å². The topological polar surface area (TPSA) is 54.3 Å². The first-order valence-electron chi connectivity index (χ1n) is 10.4. The van der Waals surface area contributed by atoms with Crippen LogP contribution in [0.2, 0.25) is 10.0 Å². The minimum Gasteiger partial charge on any atom is -0.353 e. The number of rotatable bonds is 4. The van der Waals surface area contributed by atoms with Gasteiger partial charge in [0.05, 0.1) is 6.54 Å². The van der Waals surface area contributed by atoms with E-state index in [4.69, 9.17) is 23.2 Å². The monoisotopic (exact) mass is 509 g/mol. The number of carbonyl (C=O) groups is 2. The van der Waals surface area contributed by atoms with Crippen molar-refractivity contribution < 1.29 is 22.8 Å². The highest BCUT2D eigenvalue weighted by Gasteiger charge is 2.42. The average molecular weight is 510 g/mol. The molecule has 2 aromatic carbocycles. The Kier molecular flexibility index (Phi) is 6.64. The molecule has 1 aromatic heterocycles. The number of alkyl halides is 3. The van der Waals surface area contributed by atoms with E-state index in [1.54, 1.807) is 48.5 Å². The van der Waals surface area contributed by atoms with Gasteiger partial charge in [0.1, 0.15) is 11.4 Å². The van der Waals surface area contributed by atoms with Crippen molar-refractivity contribution in [2.75, 3.05) is 19.6 Å². The van der Waals surface area contributed by atoms with Crippen LogP contribution in [0.5, 0.6) is 0 Å². The zero-order valence-corrected chi connectivity index (χ0v) is 19.6. The molecule has 0 saturated carbocycles. The van der Waals surface area contributed by atoms with Gasteiger partial charge in [0.2, 0.25) is 5.91 Å². The first-order valence-corrected chi connectivity index (χ1v) is 11.2. The lowest BCUT2D eigenvalue weighted by Crippen LogP contribution is -2.50. The van der Waals surface area contributed by atoms with Crippen LogP contribution in [0.15, 0.2) is 48.5 Å². The molecule has 1 fully saturated rings. The van der Waals surface area contributed by atoms with Crippen molar-refractivity contribution in [2.45, 2.75) is 19.6 Å². The van der Waals surface area contributed by atoms with Crippen LogP contribution >= 0.6 is 23.2 Å². The number of aromatic nitrogens is 1. The zero-order chi connectivity index (χ0) is 24.6. The van der Waals surface area contributed by atoms with Gasteiger partial charge in [-0.25, -0.2) is 0 Å². The third kappa shape index (κ3) is 4.79. The van der Waals surface area contributed by atoms with E-state index in [2.05, 4.69) is 5.32 Å². The molecule has 1 aliphatic heterocycles. The van der Waals surface area contributed by atoms with Gasteiger partial charge >= 0.3 is 6.18 Å². The minimum atomic E-state index is -4.73. The van der Waals surface area contributed by atoms with Gasteiger partial charge in [-0.1, -0.05) is 47.5 Å². The molecule has 0 radical (unpaired) electrons. The van der Waals surface area contributed by atoms with Gasteiger partial charge < -0.3 is 14.8 Å². The fourth-order valence-corrected chi connectivity index (χ4v) is 4.58. The second-order valence-corrected chi connectivity index (χ2v) is 8.87. The Hall–Kier alpha value is -2.97. The Balaban J connectivity index is 1.98. The molecule has 1 aliphatic rings. The second kappa shape index (κ2) is 9.35. The van der Waals surface area contributed by atoms with E-state index in [-0.39, 0.29) is 48.9 Å². The van der Waals surface area contributed by atoms with Crippen molar-refractivity contribution in [1.82, 2.24) is 14.8 Å². The molecule has 0 aliphatic carbocycles. The Bertz CT molecular complexity index is 1250. The third-order valence-electron chi connectivity index (χ3n) is 5.67. The van der Waals surface area contributed by atoms with E-state index in [0.29, 0.717) is 21.2 Å². The van der Waals surface area contributed by atoms with Crippen LogP contribution in [-0.2, 0) is 17.5 Å². The summed E-state index contributed by atoms with van der Waals surface area (Å²) in [6, 6.07) is 12.7. The molecule has 0 atom stereocenters. The summed E-state index contributed by atoms with van der Waals surface area (Å²) in [5.74, 6) is -1.02. The maximum atomic E-state index is 14.4. The van der Waals surface area contributed by atoms with Crippen LogP contribution in [0, 0.1) is 6.92 Å². The molecule has 1 saturated heterocycles. The van der Waals surface area contributed by atoms with E-state index in [1.807, 2.05) is 0 Å². The van der Waals surface area contributed by atoms with Gasteiger partial charge in [-0.3, -0.25) is 9.59 Å². The Labute approximate surface area is 204 Å². The lowest BCUT2D eigenvalue weighted by atomic mass is 10.00. The van der Waals surface area contributed by atoms with Crippen LogP contribution in [0.25, 0.3) is 11.1 Å². The van der Waals surface area contributed by atoms with Gasteiger partial charge in [-0.15, -0.1) is 0 Å². The SMILES string of the molecule is Cc1c(-c2ccc(Cl)cc2)c(C(=O)N2CCNC(=O)C2)n(Cc2cccc(Cl)c2)c1C(F)(F)F. The summed E-state index contributed by atoms with van der Waals surface area (Å²) in [6.45, 7) is 1.29. The molecule has 2 amide bonds. The zero-order valence-electron chi connectivity index (χ0n) is 18.0. The molecule has 34 heavy (non-hydrogen) atoms. The molecule has 3 aromatic rings. The average Bonchev–Trinajstić information content (AvgIpc) is 3.05. The lowest BCUT2D eigenvalue weighted by molar-refractivity contribution is -0.143. The van der Waals surface area contributed by atoms with Crippen LogP contribution in [-0.4, -0.2) is 40.9 Å². The predicted octanol–water partition coefficient (Wildman–Crippen LogP) is 5.41. The van der Waals surface area contributed by atoms with Crippen molar-refractivity contribution >= 4 is 35.0 Å². The highest BCUT2D eigenvalue weighted by Crippen LogP contribution is 2.42. The number of hydrogen-bond acceptors (Lipinski definition) is 2. The van der Waals surface area contributed by atoms with E-state index in [0.717, 1.165) is 4.57 Å². The standard InChI is InChI=1S/C24H20Cl2F3N3O2/c1-14-20(16-5-7-17(25)8-6-16)21(23(34)31-10-9-30-19(33)13-31)32(22(14)24(27,28)29)12-15-3-2-4-18(26)11-15/h2-8,11H,9-10,12-13H2,1H3,(H,30,33). The fraction of sp³-hybridized carbons (Fsp3) is 0.250. The molecule has 10 heteroatoms. The maximum Gasteiger partial charge on any atom is 0.431 e. The number of hydrogen-bond donors (Lipinski definition) is 1. The van der Waals surface area contributed by atoms with Crippen molar-refractivity contribution in [1.29, 1.82) is 0 Å². The number of benzene rings is 2. The smallest absolute Gasteiger partial charge is 0.353 e. The highest BCUT2D eigenvalue weighted by molar-refractivity contribution is 6.31. The highest BCUT2D eigenvalue weighted by atomic mass is 35.5. The third-order valence-corrected chi connectivity index (χ3v) is 6.15. The largest absolute Gasteiger partial charge is 0.431 e. The van der Waals surface area contributed by atoms with Crippen LogP contribution in [0.1, 0.15) is 27.3 Å². The normalized spacial score (nSPS) is 14.3. The number of nitrogens with one attached hydrogen (secondary N) is 1. The van der Waals surface area contributed by atoms with Gasteiger partial charge in [0.15, 0.2) is 0 Å². The molecule has 5 nitrogen and oxygen atoms in total. The maximum absolute atomic E-state index is 14.4. The summed E-state index contributed by atoms with van der Waals surface area (Å²) >= 11 is 12.1. The van der Waals surface area contributed by atoms with Crippen molar-refractivity contribution in [2.24, 2.45) is 0 Å². The van der Waals surface area contributed by atoms with E-state index in [1.165, 1.54) is 11.8 Å². The minimum absolute atomic E-state index is 0.0818. The summed E-state index contributed by atoms with van der Waals surface area (Å²) in [7, 11) is 0. The van der Waals surface area contributed by atoms with Gasteiger partial charge in [-0.2, -0.15) is 13.2 Å². The van der Waals surface area contributed by atoms with E-state index < -0.39 is 17.8 Å². The summed E-state index contributed by atoms with van der Waals surface area (Å²) in [5, 5.41) is 3.41. The summed E-state index contributed by atoms with van der Waals surface area (Å²) < 4.78 is 44.1. The molecule has 2 heterocycles. The quantitative estimate of drug-likeness (QED) is 0.511. The number of nitrogens with zero attached hydrogens (tertiary/aromatic N) is 2. The first-order chi connectivity index (χ1) is 16.1. The summed E-state index contributed by atoms with van der Waals surface area (Å²) in [5.41, 5.74) is -0.0733. The summed E-state index contributed by atoms with van der Waals surface area (Å²) in [6.07, 6.45) is -4.73. The van der Waals surface area contributed by atoms with Crippen LogP contribution < -0.4 is 5.32 Å². The van der Waals surface area contributed by atoms with E-state index >= 15 is 0 Å².